The number of aromatic nitrogens is 2. The Morgan fingerprint density at radius 2 is 2.20 bits per heavy atom. The molecule has 1 aromatic heterocycles. The summed E-state index contributed by atoms with van der Waals surface area (Å²) in [4.78, 5) is 14.8. The summed E-state index contributed by atoms with van der Waals surface area (Å²) in [7, 11) is 0. The Balaban J connectivity index is 1.60. The maximum Gasteiger partial charge on any atom is 0.257 e. The van der Waals surface area contributed by atoms with Crippen molar-refractivity contribution >= 4 is 5.91 Å². The van der Waals surface area contributed by atoms with E-state index in [-0.39, 0.29) is 5.91 Å². The molecule has 0 aliphatic carbocycles. The van der Waals surface area contributed by atoms with Crippen LogP contribution in [0.2, 0.25) is 0 Å². The molecule has 0 radical (unpaired) electrons. The normalized spacial score (nSPS) is 17.6. The number of aryl methyl sites for hydroxylation is 2. The minimum atomic E-state index is 0.0949. The third-order valence-corrected chi connectivity index (χ3v) is 4.91. The molecule has 134 valence electrons. The maximum absolute atomic E-state index is 12.8. The van der Waals surface area contributed by atoms with Gasteiger partial charge in [0.05, 0.1) is 18.4 Å². The molecule has 2 aromatic rings. The molecule has 0 bridgehead atoms. The number of hydrogen-bond acceptors (Lipinski definition) is 3. The highest BCUT2D eigenvalue weighted by Gasteiger charge is 2.27. The molecule has 0 spiro atoms. The van der Waals surface area contributed by atoms with Crippen molar-refractivity contribution in [2.75, 3.05) is 19.7 Å². The average molecular weight is 341 g/mol. The van der Waals surface area contributed by atoms with Crippen molar-refractivity contribution in [1.29, 1.82) is 0 Å². The highest BCUT2D eigenvalue weighted by Crippen LogP contribution is 2.22. The first-order valence-electron chi connectivity index (χ1n) is 9.09. The van der Waals surface area contributed by atoms with Crippen LogP contribution < -0.4 is 4.74 Å². The van der Waals surface area contributed by atoms with Gasteiger partial charge in [-0.1, -0.05) is 12.1 Å². The summed E-state index contributed by atoms with van der Waals surface area (Å²) in [6.45, 7) is 9.07. The Morgan fingerprint density at radius 1 is 1.36 bits per heavy atom. The van der Waals surface area contributed by atoms with Gasteiger partial charge in [0, 0.05) is 31.2 Å². The summed E-state index contributed by atoms with van der Waals surface area (Å²) in [5.41, 5.74) is 2.87. The fourth-order valence-corrected chi connectivity index (χ4v) is 3.45. The van der Waals surface area contributed by atoms with Crippen LogP contribution in [0.5, 0.6) is 5.75 Å². The molecule has 1 saturated heterocycles. The van der Waals surface area contributed by atoms with Crippen molar-refractivity contribution in [3.63, 3.8) is 0 Å². The molecule has 1 aliphatic heterocycles. The molecule has 0 N–H and O–H groups in total. The number of likely N-dealkylation sites (tertiary alicyclic amines) is 1. The monoisotopic (exact) mass is 341 g/mol. The molecular formula is C20H27N3O2. The molecule has 1 aliphatic rings. The highest BCUT2D eigenvalue weighted by atomic mass is 16.5. The molecule has 5 nitrogen and oxygen atoms in total. The van der Waals surface area contributed by atoms with E-state index in [1.807, 2.05) is 41.6 Å². The minimum absolute atomic E-state index is 0.0949. The van der Waals surface area contributed by atoms with Crippen LogP contribution in [0, 0.1) is 19.8 Å². The van der Waals surface area contributed by atoms with Gasteiger partial charge in [-0.15, -0.1) is 0 Å². The lowest BCUT2D eigenvalue weighted by atomic mass is 9.98. The number of hydrogen-bond donors (Lipinski definition) is 0. The number of carbonyl (C=O) groups is 1. The Labute approximate surface area is 149 Å². The van der Waals surface area contributed by atoms with Gasteiger partial charge in [-0.25, -0.2) is 0 Å². The summed E-state index contributed by atoms with van der Waals surface area (Å²) >= 11 is 0. The lowest BCUT2D eigenvalue weighted by Crippen LogP contribution is -2.41. The topological polar surface area (TPSA) is 47.4 Å². The van der Waals surface area contributed by atoms with Crippen molar-refractivity contribution < 1.29 is 9.53 Å². The number of rotatable bonds is 5. The Hall–Kier alpha value is -2.30. The molecule has 0 saturated carbocycles. The lowest BCUT2D eigenvalue weighted by molar-refractivity contribution is 0.0632. The molecule has 3 rings (SSSR count). The van der Waals surface area contributed by atoms with Crippen molar-refractivity contribution in [3.8, 4) is 5.75 Å². The van der Waals surface area contributed by atoms with E-state index in [0.717, 1.165) is 49.5 Å². The molecular weight excluding hydrogens is 314 g/mol. The fraction of sp³-hybridized carbons (Fsp3) is 0.500. The van der Waals surface area contributed by atoms with Gasteiger partial charge >= 0.3 is 0 Å². The first kappa shape index (κ1) is 17.5. The zero-order valence-electron chi connectivity index (χ0n) is 15.4. The van der Waals surface area contributed by atoms with Crippen LogP contribution in [-0.2, 0) is 6.54 Å². The number of ether oxygens (including phenoxy) is 1. The van der Waals surface area contributed by atoms with Crippen molar-refractivity contribution in [3.05, 3.63) is 47.3 Å². The second-order valence-electron chi connectivity index (χ2n) is 6.85. The van der Waals surface area contributed by atoms with Crippen LogP contribution in [-0.4, -0.2) is 40.3 Å². The van der Waals surface area contributed by atoms with E-state index >= 15 is 0 Å². The SMILES string of the molecule is CCn1ncc(C(=O)N2CCC[C@H](COc3cccc(C)c3)C2)c1C. The van der Waals surface area contributed by atoms with Gasteiger partial charge in [0.15, 0.2) is 0 Å². The van der Waals surface area contributed by atoms with Gasteiger partial charge in [-0.2, -0.15) is 5.10 Å². The molecule has 1 amide bonds. The molecule has 1 atom stereocenters. The summed E-state index contributed by atoms with van der Waals surface area (Å²) in [5, 5.41) is 4.30. The summed E-state index contributed by atoms with van der Waals surface area (Å²) in [6.07, 6.45) is 3.82. The average Bonchev–Trinajstić information content (AvgIpc) is 3.00. The van der Waals surface area contributed by atoms with Gasteiger partial charge in [0.2, 0.25) is 0 Å². The third-order valence-electron chi connectivity index (χ3n) is 4.91. The molecule has 1 aromatic carbocycles. The molecule has 1 fully saturated rings. The Morgan fingerprint density at radius 3 is 2.92 bits per heavy atom. The number of benzene rings is 1. The van der Waals surface area contributed by atoms with E-state index in [9.17, 15) is 4.79 Å². The summed E-state index contributed by atoms with van der Waals surface area (Å²) in [6, 6.07) is 8.11. The lowest BCUT2D eigenvalue weighted by Gasteiger charge is -2.32. The van der Waals surface area contributed by atoms with Gasteiger partial charge in [0.25, 0.3) is 5.91 Å². The van der Waals surface area contributed by atoms with Crippen LogP contribution in [0.1, 0.15) is 41.4 Å². The van der Waals surface area contributed by atoms with Crippen molar-refractivity contribution in [2.45, 2.75) is 40.2 Å². The molecule has 5 heteroatoms. The Kier molecular flexibility index (Phi) is 5.41. The van der Waals surface area contributed by atoms with Crippen molar-refractivity contribution in [1.82, 2.24) is 14.7 Å². The van der Waals surface area contributed by atoms with Crippen LogP contribution in [0.25, 0.3) is 0 Å². The minimum Gasteiger partial charge on any atom is -0.493 e. The van der Waals surface area contributed by atoms with Crippen LogP contribution in [0.4, 0.5) is 0 Å². The molecule has 0 unspecified atom stereocenters. The van der Waals surface area contributed by atoms with E-state index in [4.69, 9.17) is 4.74 Å². The molecule has 25 heavy (non-hydrogen) atoms. The van der Waals surface area contributed by atoms with E-state index < -0.39 is 0 Å². The smallest absolute Gasteiger partial charge is 0.257 e. The summed E-state index contributed by atoms with van der Waals surface area (Å²) < 4.78 is 7.82. The van der Waals surface area contributed by atoms with E-state index in [0.29, 0.717) is 12.5 Å². The maximum atomic E-state index is 12.8. The van der Waals surface area contributed by atoms with Crippen LogP contribution >= 0.6 is 0 Å². The fourth-order valence-electron chi connectivity index (χ4n) is 3.45. The van der Waals surface area contributed by atoms with Gasteiger partial charge in [-0.3, -0.25) is 9.48 Å². The highest BCUT2D eigenvalue weighted by molar-refractivity contribution is 5.95. The Bertz CT molecular complexity index is 738. The standard InChI is InChI=1S/C20H27N3O2/c1-4-23-16(3)19(12-21-23)20(24)22-10-6-8-17(13-22)14-25-18-9-5-7-15(2)11-18/h5,7,9,11-12,17H,4,6,8,10,13-14H2,1-3H3/t17-/m0/s1. The quantitative estimate of drug-likeness (QED) is 0.837. The van der Waals surface area contributed by atoms with E-state index in [1.165, 1.54) is 5.56 Å². The number of amides is 1. The van der Waals surface area contributed by atoms with Crippen molar-refractivity contribution in [2.24, 2.45) is 5.92 Å². The van der Waals surface area contributed by atoms with Crippen LogP contribution in [0.15, 0.2) is 30.5 Å². The largest absolute Gasteiger partial charge is 0.493 e. The zero-order valence-corrected chi connectivity index (χ0v) is 15.4. The first-order chi connectivity index (χ1) is 12.1. The second-order valence-corrected chi connectivity index (χ2v) is 6.85. The number of piperidine rings is 1. The van der Waals surface area contributed by atoms with E-state index in [1.54, 1.807) is 6.20 Å². The summed E-state index contributed by atoms with van der Waals surface area (Å²) in [5.74, 6) is 1.38. The second kappa shape index (κ2) is 7.72. The van der Waals surface area contributed by atoms with Gasteiger partial charge in [0.1, 0.15) is 5.75 Å². The molecule has 2 heterocycles. The van der Waals surface area contributed by atoms with Gasteiger partial charge < -0.3 is 9.64 Å². The zero-order chi connectivity index (χ0) is 17.8. The van der Waals surface area contributed by atoms with E-state index in [2.05, 4.69) is 18.1 Å². The number of nitrogens with zero attached hydrogens (tertiary/aromatic N) is 3. The number of carbonyl (C=O) groups excluding carboxylic acids is 1. The third kappa shape index (κ3) is 4.03. The van der Waals surface area contributed by atoms with Crippen LogP contribution in [0.3, 0.4) is 0 Å². The first-order valence-corrected chi connectivity index (χ1v) is 9.09. The predicted molar refractivity (Wildman–Crippen MR) is 97.9 cm³/mol. The predicted octanol–water partition coefficient (Wildman–Crippen LogP) is 3.45. The van der Waals surface area contributed by atoms with Gasteiger partial charge in [-0.05, 0) is 51.3 Å².